The zero-order valence-corrected chi connectivity index (χ0v) is 17.5. The Morgan fingerprint density at radius 3 is 2.35 bits per heavy atom. The lowest BCUT2D eigenvalue weighted by molar-refractivity contribution is -0.384. The summed E-state index contributed by atoms with van der Waals surface area (Å²) in [5.74, 6) is 0. The van der Waals surface area contributed by atoms with Gasteiger partial charge in [-0.2, -0.15) is 0 Å². The molecule has 0 aliphatic rings. The molecule has 0 bridgehead atoms. The molecule has 0 amide bonds. The van der Waals surface area contributed by atoms with E-state index in [0.29, 0.717) is 5.56 Å². The van der Waals surface area contributed by atoms with Crippen molar-refractivity contribution in [2.75, 3.05) is 6.26 Å². The monoisotopic (exact) mass is 423 g/mol. The topological polar surface area (TPSA) is 68.9 Å². The van der Waals surface area contributed by atoms with Crippen LogP contribution in [0.2, 0.25) is 0 Å². The van der Waals surface area contributed by atoms with Crippen molar-refractivity contribution < 1.29 is 4.92 Å². The van der Waals surface area contributed by atoms with Crippen LogP contribution in [0.1, 0.15) is 0 Å². The first kappa shape index (κ1) is 19.2. The smallest absolute Gasteiger partial charge is 0.258 e. The predicted octanol–water partition coefficient (Wildman–Crippen LogP) is 6.75. The van der Waals surface area contributed by atoms with Crippen LogP contribution in [0, 0.1) is 10.1 Å². The number of pyridine rings is 2. The highest BCUT2D eigenvalue weighted by molar-refractivity contribution is 7.98. The van der Waals surface area contributed by atoms with Crippen molar-refractivity contribution in [2.24, 2.45) is 0 Å². The summed E-state index contributed by atoms with van der Waals surface area (Å²) in [6.07, 6.45) is 5.55. The molecule has 0 aliphatic heterocycles. The van der Waals surface area contributed by atoms with E-state index in [1.807, 2.05) is 42.5 Å². The van der Waals surface area contributed by atoms with Crippen molar-refractivity contribution in [3.63, 3.8) is 0 Å². The van der Waals surface area contributed by atoms with Crippen LogP contribution in [0.5, 0.6) is 0 Å². The Bertz CT molecular complexity index is 1470. The molecule has 0 saturated heterocycles. The van der Waals surface area contributed by atoms with Gasteiger partial charge < -0.3 is 0 Å². The third-order valence-corrected chi connectivity index (χ3v) is 6.19. The van der Waals surface area contributed by atoms with Crippen molar-refractivity contribution in [3.05, 3.63) is 95.3 Å². The Morgan fingerprint density at radius 1 is 0.806 bits per heavy atom. The minimum atomic E-state index is -0.338. The molecule has 0 atom stereocenters. The Balaban J connectivity index is 1.94. The molecule has 5 nitrogen and oxygen atoms in total. The van der Waals surface area contributed by atoms with E-state index in [0.717, 1.165) is 43.4 Å². The van der Waals surface area contributed by atoms with Gasteiger partial charge >= 0.3 is 0 Å². The number of hydrogen-bond donors (Lipinski definition) is 0. The van der Waals surface area contributed by atoms with Crippen LogP contribution in [-0.4, -0.2) is 21.1 Å². The number of thioether (sulfide) groups is 1. The molecule has 0 saturated carbocycles. The van der Waals surface area contributed by atoms with Crippen LogP contribution in [0.3, 0.4) is 0 Å². The van der Waals surface area contributed by atoms with E-state index in [1.54, 1.807) is 36.3 Å². The molecule has 0 N–H and O–H groups in total. The fraction of sp³-hybridized carbons (Fsp3) is 0.0400. The Kier molecular flexibility index (Phi) is 4.84. The third kappa shape index (κ3) is 3.21. The lowest BCUT2D eigenvalue weighted by Crippen LogP contribution is -1.95. The minimum Gasteiger partial charge on any atom is -0.258 e. The molecule has 31 heavy (non-hydrogen) atoms. The number of nitrogens with zero attached hydrogens (tertiary/aromatic N) is 3. The summed E-state index contributed by atoms with van der Waals surface area (Å²) in [5.41, 5.74) is 5.06. The maximum Gasteiger partial charge on any atom is 0.277 e. The second-order valence-corrected chi connectivity index (χ2v) is 7.90. The standard InChI is InChI=1S/C25H17N3O2S/c1-31-23-11-5-3-8-17(23)19-13-12-18(16-7-2-4-10-22(16)28(29)30)24-20-9-6-14-26-21(20)15-27-25(19)24/h2-15H,1H3. The molecule has 2 heterocycles. The van der Waals surface area contributed by atoms with Crippen LogP contribution in [0.15, 0.2) is 90.1 Å². The van der Waals surface area contributed by atoms with Crippen molar-refractivity contribution in [1.82, 2.24) is 9.97 Å². The summed E-state index contributed by atoms with van der Waals surface area (Å²) >= 11 is 1.68. The predicted molar refractivity (Wildman–Crippen MR) is 126 cm³/mol. The first-order chi connectivity index (χ1) is 15.2. The van der Waals surface area contributed by atoms with Gasteiger partial charge in [0.2, 0.25) is 0 Å². The maximum absolute atomic E-state index is 11.7. The second kappa shape index (κ2) is 7.81. The number of nitro groups is 1. The molecular formula is C25H17N3O2S. The Hall–Kier alpha value is -3.77. The van der Waals surface area contributed by atoms with Gasteiger partial charge in [0.15, 0.2) is 0 Å². The van der Waals surface area contributed by atoms with E-state index < -0.39 is 0 Å². The molecule has 0 radical (unpaired) electrons. The van der Waals surface area contributed by atoms with Gasteiger partial charge in [-0.3, -0.25) is 20.1 Å². The van der Waals surface area contributed by atoms with Crippen molar-refractivity contribution >= 4 is 39.3 Å². The third-order valence-electron chi connectivity index (χ3n) is 5.39. The zero-order valence-electron chi connectivity index (χ0n) is 16.6. The van der Waals surface area contributed by atoms with Crippen LogP contribution in [-0.2, 0) is 0 Å². The van der Waals surface area contributed by atoms with Gasteiger partial charge in [0.25, 0.3) is 5.69 Å². The first-order valence-electron chi connectivity index (χ1n) is 9.72. The number of rotatable bonds is 4. The molecule has 2 aromatic heterocycles. The van der Waals surface area contributed by atoms with Crippen LogP contribution in [0.25, 0.3) is 44.1 Å². The fourth-order valence-electron chi connectivity index (χ4n) is 4.02. The summed E-state index contributed by atoms with van der Waals surface area (Å²) in [6.45, 7) is 0. The quantitative estimate of drug-likeness (QED) is 0.138. The van der Waals surface area contributed by atoms with Crippen molar-refractivity contribution in [1.29, 1.82) is 0 Å². The molecule has 0 fully saturated rings. The van der Waals surface area contributed by atoms with Crippen molar-refractivity contribution in [3.8, 4) is 22.3 Å². The minimum absolute atomic E-state index is 0.0713. The number of fused-ring (bicyclic) bond motifs is 3. The molecule has 5 aromatic rings. The SMILES string of the molecule is CSc1ccccc1-c1ccc(-c2ccccc2[N+](=O)[O-])c2c1ncc1ncccc12. The van der Waals surface area contributed by atoms with Gasteiger partial charge in [-0.05, 0) is 35.6 Å². The van der Waals surface area contributed by atoms with Gasteiger partial charge in [-0.25, -0.2) is 0 Å². The number of hydrogen-bond acceptors (Lipinski definition) is 5. The van der Waals surface area contributed by atoms with E-state index >= 15 is 0 Å². The molecule has 0 aliphatic carbocycles. The van der Waals surface area contributed by atoms with E-state index in [2.05, 4.69) is 23.4 Å². The maximum atomic E-state index is 11.7. The Morgan fingerprint density at radius 2 is 1.55 bits per heavy atom. The lowest BCUT2D eigenvalue weighted by atomic mass is 9.92. The average molecular weight is 423 g/mol. The van der Waals surface area contributed by atoms with Gasteiger partial charge in [0.05, 0.1) is 27.7 Å². The van der Waals surface area contributed by atoms with E-state index in [4.69, 9.17) is 4.98 Å². The molecule has 3 aromatic carbocycles. The van der Waals surface area contributed by atoms with Crippen LogP contribution < -0.4 is 0 Å². The second-order valence-electron chi connectivity index (χ2n) is 7.05. The fourth-order valence-corrected chi connectivity index (χ4v) is 4.64. The molecule has 0 unspecified atom stereocenters. The summed E-state index contributed by atoms with van der Waals surface area (Å²) in [5, 5.41) is 13.5. The van der Waals surface area contributed by atoms with Gasteiger partial charge in [0, 0.05) is 33.5 Å². The normalized spacial score (nSPS) is 11.1. The Labute approximate surface area is 182 Å². The number of para-hydroxylation sites is 1. The van der Waals surface area contributed by atoms with Crippen LogP contribution in [0.4, 0.5) is 5.69 Å². The molecule has 0 spiro atoms. The summed E-state index contributed by atoms with van der Waals surface area (Å²) in [6, 6.07) is 22.9. The summed E-state index contributed by atoms with van der Waals surface area (Å²) < 4.78 is 0. The highest BCUT2D eigenvalue weighted by Gasteiger charge is 2.20. The first-order valence-corrected chi connectivity index (χ1v) is 10.9. The van der Waals surface area contributed by atoms with Gasteiger partial charge in [0.1, 0.15) is 0 Å². The number of benzene rings is 3. The molecule has 6 heteroatoms. The number of nitro benzene ring substituents is 1. The molecular weight excluding hydrogens is 406 g/mol. The van der Waals surface area contributed by atoms with E-state index in [1.165, 1.54) is 6.07 Å². The largest absolute Gasteiger partial charge is 0.277 e. The lowest BCUT2D eigenvalue weighted by Gasteiger charge is -2.15. The van der Waals surface area contributed by atoms with Crippen molar-refractivity contribution in [2.45, 2.75) is 4.90 Å². The molecule has 5 rings (SSSR count). The van der Waals surface area contributed by atoms with Gasteiger partial charge in [-0.15, -0.1) is 11.8 Å². The van der Waals surface area contributed by atoms with E-state index in [-0.39, 0.29) is 10.6 Å². The highest BCUT2D eigenvalue weighted by Crippen LogP contribution is 2.42. The highest BCUT2D eigenvalue weighted by atomic mass is 32.2. The molecule has 150 valence electrons. The van der Waals surface area contributed by atoms with E-state index in [9.17, 15) is 10.1 Å². The van der Waals surface area contributed by atoms with Crippen LogP contribution >= 0.6 is 11.8 Å². The summed E-state index contributed by atoms with van der Waals surface area (Å²) in [7, 11) is 0. The average Bonchev–Trinajstić information content (AvgIpc) is 2.83. The zero-order chi connectivity index (χ0) is 21.4. The number of aromatic nitrogens is 2. The van der Waals surface area contributed by atoms with Gasteiger partial charge in [-0.1, -0.05) is 48.5 Å². The summed E-state index contributed by atoms with van der Waals surface area (Å²) in [4.78, 5) is 21.8.